The Balaban J connectivity index is 1.94. The molecule has 0 bridgehead atoms. The van der Waals surface area contributed by atoms with Gasteiger partial charge in [-0.05, 0) is 30.6 Å². The summed E-state index contributed by atoms with van der Waals surface area (Å²) >= 11 is 0. The van der Waals surface area contributed by atoms with Crippen molar-refractivity contribution in [3.05, 3.63) is 12.2 Å². The average Bonchev–Trinajstić information content (AvgIpc) is 2.39. The van der Waals surface area contributed by atoms with Crippen LogP contribution in [-0.2, 0) is 14.3 Å². The van der Waals surface area contributed by atoms with Crippen molar-refractivity contribution in [2.45, 2.75) is 58.7 Å². The van der Waals surface area contributed by atoms with Crippen LogP contribution < -0.4 is 0 Å². The second-order valence-corrected chi connectivity index (χ2v) is 6.33. The van der Waals surface area contributed by atoms with Crippen LogP contribution in [0.3, 0.4) is 0 Å². The summed E-state index contributed by atoms with van der Waals surface area (Å²) < 4.78 is 11.2. The molecule has 2 rings (SSSR count). The fourth-order valence-corrected chi connectivity index (χ4v) is 3.17. The first-order valence-electron chi connectivity index (χ1n) is 7.55. The number of ether oxygens (including phenoxy) is 2. The van der Waals surface area contributed by atoms with Gasteiger partial charge < -0.3 is 9.47 Å². The topological polar surface area (TPSA) is 35.5 Å². The largest absolute Gasteiger partial charge is 0.460 e. The highest BCUT2D eigenvalue weighted by Crippen LogP contribution is 2.35. The molecule has 1 saturated carbocycles. The number of carbonyl (C=O) groups excluding carboxylic acids is 1. The highest BCUT2D eigenvalue weighted by atomic mass is 16.6. The van der Waals surface area contributed by atoms with Gasteiger partial charge in [0, 0.05) is 6.42 Å². The molecule has 0 spiro atoms. The van der Waals surface area contributed by atoms with Crippen LogP contribution in [-0.4, -0.2) is 24.8 Å². The maximum absolute atomic E-state index is 12.2. The van der Waals surface area contributed by atoms with Crippen molar-refractivity contribution < 1.29 is 14.3 Å². The van der Waals surface area contributed by atoms with E-state index in [4.69, 9.17) is 9.47 Å². The van der Waals surface area contributed by atoms with Crippen molar-refractivity contribution in [3.8, 4) is 0 Å². The zero-order chi connectivity index (χ0) is 13.8. The summed E-state index contributed by atoms with van der Waals surface area (Å²) in [5, 5.41) is 0. The van der Waals surface area contributed by atoms with Crippen LogP contribution in [0.5, 0.6) is 0 Å². The highest BCUT2D eigenvalue weighted by molar-refractivity contribution is 5.75. The molecule has 0 N–H and O–H groups in total. The van der Waals surface area contributed by atoms with Crippen molar-refractivity contribution in [1.82, 2.24) is 0 Å². The Labute approximate surface area is 116 Å². The van der Waals surface area contributed by atoms with Crippen molar-refractivity contribution in [3.63, 3.8) is 0 Å². The van der Waals surface area contributed by atoms with Gasteiger partial charge in [-0.25, -0.2) is 4.79 Å². The number of hydrogen-bond acceptors (Lipinski definition) is 3. The molecular weight excluding hydrogens is 240 g/mol. The lowest BCUT2D eigenvalue weighted by atomic mass is 9.75. The van der Waals surface area contributed by atoms with Gasteiger partial charge in [-0.2, -0.15) is 0 Å². The molecule has 0 unspecified atom stereocenters. The van der Waals surface area contributed by atoms with Crippen LogP contribution in [0.1, 0.15) is 46.5 Å². The molecule has 3 heteroatoms. The predicted octanol–water partition coefficient (Wildman–Crippen LogP) is 3.34. The molecule has 0 aromatic heterocycles. The summed E-state index contributed by atoms with van der Waals surface area (Å²) in [5.74, 6) is 1.55. The summed E-state index contributed by atoms with van der Waals surface area (Å²) in [6.45, 7) is 7.22. The molecule has 0 aromatic carbocycles. The van der Waals surface area contributed by atoms with Gasteiger partial charge in [0.1, 0.15) is 6.10 Å². The van der Waals surface area contributed by atoms with Gasteiger partial charge in [-0.15, -0.1) is 0 Å². The fraction of sp³-hybridized carbons (Fsp3) is 0.812. The first kappa shape index (κ1) is 14.6. The van der Waals surface area contributed by atoms with Crippen molar-refractivity contribution in [1.29, 1.82) is 0 Å². The van der Waals surface area contributed by atoms with E-state index < -0.39 is 6.10 Å². The molecular formula is C16H26O3. The van der Waals surface area contributed by atoms with Crippen LogP contribution in [0, 0.1) is 17.8 Å². The van der Waals surface area contributed by atoms with E-state index in [-0.39, 0.29) is 12.1 Å². The van der Waals surface area contributed by atoms with Gasteiger partial charge in [0.2, 0.25) is 0 Å². The van der Waals surface area contributed by atoms with E-state index in [1.165, 1.54) is 12.8 Å². The SMILES string of the molecule is CC(C)[C@@H]1CC[C@@H](C)C[C@H]1OC(=O)[C@H]1CC=CCO1. The minimum absolute atomic E-state index is 0.0748. The van der Waals surface area contributed by atoms with E-state index in [1.54, 1.807) is 0 Å². The molecule has 2 aliphatic rings. The first-order valence-corrected chi connectivity index (χ1v) is 7.55. The van der Waals surface area contributed by atoms with E-state index in [2.05, 4.69) is 20.8 Å². The van der Waals surface area contributed by atoms with E-state index in [0.29, 0.717) is 30.8 Å². The second-order valence-electron chi connectivity index (χ2n) is 6.33. The molecule has 108 valence electrons. The highest BCUT2D eigenvalue weighted by Gasteiger charge is 2.35. The Bertz CT molecular complexity index is 335. The standard InChI is InChI=1S/C16H26O3/c1-11(2)13-8-7-12(3)10-15(13)19-16(17)14-6-4-5-9-18-14/h4-5,11-15H,6-10H2,1-3H3/t12-,13+,14-,15-/m1/s1. The number of rotatable bonds is 3. The molecule has 1 heterocycles. The summed E-state index contributed by atoms with van der Waals surface area (Å²) in [7, 11) is 0. The van der Waals surface area contributed by atoms with E-state index >= 15 is 0 Å². The molecule has 0 saturated heterocycles. The molecule has 0 aromatic rings. The molecule has 19 heavy (non-hydrogen) atoms. The van der Waals surface area contributed by atoms with Crippen LogP contribution >= 0.6 is 0 Å². The zero-order valence-electron chi connectivity index (χ0n) is 12.3. The van der Waals surface area contributed by atoms with Crippen molar-refractivity contribution in [2.75, 3.05) is 6.61 Å². The third-order valence-electron chi connectivity index (χ3n) is 4.40. The van der Waals surface area contributed by atoms with Gasteiger partial charge in [0.25, 0.3) is 0 Å². The number of carbonyl (C=O) groups is 1. The molecule has 0 radical (unpaired) electrons. The molecule has 1 aliphatic carbocycles. The van der Waals surface area contributed by atoms with Gasteiger partial charge in [0.15, 0.2) is 6.10 Å². The maximum Gasteiger partial charge on any atom is 0.335 e. The van der Waals surface area contributed by atoms with E-state index in [9.17, 15) is 4.79 Å². The molecule has 0 amide bonds. The minimum atomic E-state index is -0.393. The van der Waals surface area contributed by atoms with E-state index in [0.717, 1.165) is 6.42 Å². The Morgan fingerprint density at radius 3 is 2.74 bits per heavy atom. The second kappa shape index (κ2) is 6.56. The minimum Gasteiger partial charge on any atom is -0.460 e. The summed E-state index contributed by atoms with van der Waals surface area (Å²) in [5.41, 5.74) is 0. The fourth-order valence-electron chi connectivity index (χ4n) is 3.17. The predicted molar refractivity (Wildman–Crippen MR) is 74.7 cm³/mol. The van der Waals surface area contributed by atoms with Crippen LogP contribution in [0.25, 0.3) is 0 Å². The molecule has 1 aliphatic heterocycles. The Kier molecular flexibility index (Phi) is 5.03. The van der Waals surface area contributed by atoms with Gasteiger partial charge >= 0.3 is 5.97 Å². The Morgan fingerprint density at radius 1 is 1.32 bits per heavy atom. The van der Waals surface area contributed by atoms with Gasteiger partial charge in [-0.3, -0.25) is 0 Å². The maximum atomic E-state index is 12.2. The van der Waals surface area contributed by atoms with Crippen LogP contribution in [0.2, 0.25) is 0 Å². The summed E-state index contributed by atoms with van der Waals surface area (Å²) in [6.07, 6.45) is 7.69. The number of esters is 1. The average molecular weight is 266 g/mol. The first-order chi connectivity index (χ1) is 9.08. The lowest BCUT2D eigenvalue weighted by molar-refractivity contribution is -0.169. The van der Waals surface area contributed by atoms with E-state index in [1.807, 2.05) is 12.2 Å². The lowest BCUT2D eigenvalue weighted by Crippen LogP contribution is -2.39. The summed E-state index contributed by atoms with van der Waals surface area (Å²) in [6, 6.07) is 0. The lowest BCUT2D eigenvalue weighted by Gasteiger charge is -2.37. The quantitative estimate of drug-likeness (QED) is 0.580. The van der Waals surface area contributed by atoms with Crippen LogP contribution in [0.15, 0.2) is 12.2 Å². The molecule has 4 atom stereocenters. The Morgan fingerprint density at radius 2 is 2.11 bits per heavy atom. The van der Waals surface area contributed by atoms with Crippen molar-refractivity contribution >= 4 is 5.97 Å². The zero-order valence-corrected chi connectivity index (χ0v) is 12.3. The van der Waals surface area contributed by atoms with Crippen LogP contribution in [0.4, 0.5) is 0 Å². The van der Waals surface area contributed by atoms with Gasteiger partial charge in [0.05, 0.1) is 6.61 Å². The third-order valence-corrected chi connectivity index (χ3v) is 4.40. The third kappa shape index (κ3) is 3.82. The smallest absolute Gasteiger partial charge is 0.335 e. The molecule has 1 fully saturated rings. The normalized spacial score (nSPS) is 35.4. The summed E-state index contributed by atoms with van der Waals surface area (Å²) in [4.78, 5) is 12.2. The Hall–Kier alpha value is -0.830. The molecule has 3 nitrogen and oxygen atoms in total. The van der Waals surface area contributed by atoms with Gasteiger partial charge in [-0.1, -0.05) is 39.3 Å². The number of hydrogen-bond donors (Lipinski definition) is 0. The van der Waals surface area contributed by atoms with Crippen molar-refractivity contribution in [2.24, 2.45) is 17.8 Å². The monoisotopic (exact) mass is 266 g/mol.